The summed E-state index contributed by atoms with van der Waals surface area (Å²) in [5, 5.41) is 25.2. The molecule has 0 saturated carbocycles. The van der Waals surface area contributed by atoms with Crippen molar-refractivity contribution in [3.8, 4) is 11.5 Å². The van der Waals surface area contributed by atoms with E-state index in [-0.39, 0.29) is 17.4 Å². The van der Waals surface area contributed by atoms with Gasteiger partial charge in [-0.2, -0.15) is 0 Å². The van der Waals surface area contributed by atoms with Crippen molar-refractivity contribution in [3.63, 3.8) is 0 Å². The zero-order chi connectivity index (χ0) is 22.6. The van der Waals surface area contributed by atoms with Gasteiger partial charge >= 0.3 is 0 Å². The lowest BCUT2D eigenvalue weighted by molar-refractivity contribution is 0.443. The van der Waals surface area contributed by atoms with Crippen molar-refractivity contribution in [2.75, 3.05) is 11.9 Å². The van der Waals surface area contributed by atoms with Gasteiger partial charge in [-0.25, -0.2) is 0 Å². The molecule has 3 aromatic rings. The van der Waals surface area contributed by atoms with Gasteiger partial charge in [-0.05, 0) is 54.0 Å². The Kier molecular flexibility index (Phi) is 7.51. The molecule has 3 rings (SSSR count). The van der Waals surface area contributed by atoms with Gasteiger partial charge in [-0.1, -0.05) is 34.3 Å². The maximum Gasteiger partial charge on any atom is 0.177 e. The van der Waals surface area contributed by atoms with Gasteiger partial charge in [0.2, 0.25) is 0 Å². The zero-order valence-electron chi connectivity index (χ0n) is 18.5. The Morgan fingerprint density at radius 1 is 1.10 bits per heavy atom. The van der Waals surface area contributed by atoms with Crippen molar-refractivity contribution in [2.24, 2.45) is 7.05 Å². The van der Waals surface area contributed by atoms with Crippen molar-refractivity contribution < 1.29 is 10.2 Å². The first-order valence-electron chi connectivity index (χ1n) is 10.1. The molecule has 0 bridgehead atoms. The van der Waals surface area contributed by atoms with Gasteiger partial charge in [-0.3, -0.25) is 4.90 Å². The Labute approximate surface area is 184 Å². The summed E-state index contributed by atoms with van der Waals surface area (Å²) >= 11 is 5.53. The molecule has 0 radical (unpaired) electrons. The number of aromatic hydroxyl groups is 2. The van der Waals surface area contributed by atoms with Crippen LogP contribution in [0.3, 0.4) is 0 Å². The molecule has 1 aromatic heterocycles. The topological polar surface area (TPSA) is 60.7 Å². The third kappa shape index (κ3) is 4.44. The zero-order valence-corrected chi connectivity index (χ0v) is 19.3. The molecule has 30 heavy (non-hydrogen) atoms. The summed E-state index contributed by atoms with van der Waals surface area (Å²) in [6.45, 7) is 12.2. The normalized spacial score (nSPS) is 10.5. The largest absolute Gasteiger partial charge is 0.508 e. The van der Waals surface area contributed by atoms with Crippen LogP contribution in [0.15, 0.2) is 49.2 Å². The minimum absolute atomic E-state index is 0.0448. The van der Waals surface area contributed by atoms with Gasteiger partial charge in [0.25, 0.3) is 0 Å². The van der Waals surface area contributed by atoms with E-state index in [0.717, 1.165) is 22.2 Å². The van der Waals surface area contributed by atoms with Crippen molar-refractivity contribution in [2.45, 2.75) is 33.6 Å². The molecular weight excluding hydrogens is 394 g/mol. The highest BCUT2D eigenvalue weighted by atomic mass is 32.1. The summed E-state index contributed by atoms with van der Waals surface area (Å²) in [6.07, 6.45) is 2.00. The van der Waals surface area contributed by atoms with Gasteiger partial charge in [0.05, 0.1) is 5.70 Å². The highest BCUT2D eigenvalue weighted by Gasteiger charge is 2.21. The molecule has 0 spiro atoms. The van der Waals surface area contributed by atoms with E-state index in [1.54, 1.807) is 18.0 Å². The van der Waals surface area contributed by atoms with Crippen molar-refractivity contribution in [3.05, 3.63) is 60.3 Å². The molecule has 0 atom stereocenters. The van der Waals surface area contributed by atoms with E-state index in [0.29, 0.717) is 16.4 Å². The second kappa shape index (κ2) is 9.67. The van der Waals surface area contributed by atoms with Gasteiger partial charge in [0.1, 0.15) is 11.5 Å². The number of phenolic OH excluding ortho intramolecular Hbond substituents is 2. The lowest BCUT2D eigenvalue weighted by Crippen LogP contribution is -2.36. The van der Waals surface area contributed by atoms with E-state index in [1.165, 1.54) is 6.07 Å². The fourth-order valence-electron chi connectivity index (χ4n) is 3.32. The van der Waals surface area contributed by atoms with Crippen LogP contribution in [0.2, 0.25) is 0 Å². The number of aromatic nitrogens is 1. The number of benzene rings is 2. The van der Waals surface area contributed by atoms with Gasteiger partial charge in [0.15, 0.2) is 5.11 Å². The molecule has 160 valence electrons. The number of aryl methyl sites for hydroxylation is 1. The molecule has 5 nitrogen and oxygen atoms in total. The highest BCUT2D eigenvalue weighted by molar-refractivity contribution is 7.80. The van der Waals surface area contributed by atoms with Crippen LogP contribution in [-0.4, -0.2) is 26.9 Å². The Bertz CT molecular complexity index is 1070. The van der Waals surface area contributed by atoms with E-state index < -0.39 is 0 Å². The second-order valence-corrected chi connectivity index (χ2v) is 7.48. The number of hydrogen-bond acceptors (Lipinski definition) is 3. The van der Waals surface area contributed by atoms with Crippen LogP contribution in [0, 0.1) is 0 Å². The first-order valence-corrected chi connectivity index (χ1v) is 10.5. The molecule has 0 fully saturated rings. The number of phenols is 2. The Hall–Kier alpha value is -2.99. The summed E-state index contributed by atoms with van der Waals surface area (Å²) in [5.74, 6) is 0.117. The van der Waals surface area contributed by atoms with E-state index in [2.05, 4.69) is 16.5 Å². The monoisotopic (exact) mass is 425 g/mol. The average molecular weight is 426 g/mol. The summed E-state index contributed by atoms with van der Waals surface area (Å²) in [6, 6.07) is 11.2. The van der Waals surface area contributed by atoms with Crippen LogP contribution < -0.4 is 10.2 Å². The molecule has 0 aliphatic heterocycles. The van der Waals surface area contributed by atoms with Gasteiger partial charge in [-0.15, -0.1) is 0 Å². The third-order valence-corrected chi connectivity index (χ3v) is 5.28. The lowest BCUT2D eigenvalue weighted by Gasteiger charge is -2.28. The number of nitrogens with one attached hydrogen (secondary N) is 1. The maximum absolute atomic E-state index is 10.5. The number of anilines is 1. The quantitative estimate of drug-likeness (QED) is 0.467. The standard InChI is InChI=1S/C22H25N3O2S.C2H6/c1-13(2)17-11-18(21(27)12-20(17)26)14(3)25(22(28)23-4)16-6-7-19-15(10-16)8-9-24(19)5;1-2/h6-13,26-27H,3H2,1-2,4-5H3,(H,23,28);1-2H3. The van der Waals surface area contributed by atoms with E-state index in [9.17, 15) is 10.2 Å². The van der Waals surface area contributed by atoms with Crippen LogP contribution in [0.5, 0.6) is 11.5 Å². The van der Waals surface area contributed by atoms with Crippen LogP contribution in [0.4, 0.5) is 5.69 Å². The van der Waals surface area contributed by atoms with Crippen molar-refractivity contribution in [1.29, 1.82) is 0 Å². The fourth-order valence-corrected chi connectivity index (χ4v) is 3.54. The Morgan fingerprint density at radius 3 is 2.37 bits per heavy atom. The Balaban J connectivity index is 0.00000155. The van der Waals surface area contributed by atoms with E-state index in [4.69, 9.17) is 12.2 Å². The summed E-state index contributed by atoms with van der Waals surface area (Å²) in [7, 11) is 3.75. The van der Waals surface area contributed by atoms with Crippen LogP contribution in [0.1, 0.15) is 44.7 Å². The average Bonchev–Trinajstić information content (AvgIpc) is 3.09. The summed E-state index contributed by atoms with van der Waals surface area (Å²) < 4.78 is 2.05. The molecule has 0 aliphatic carbocycles. The van der Waals surface area contributed by atoms with Crippen LogP contribution in [0.25, 0.3) is 16.6 Å². The highest BCUT2D eigenvalue weighted by Crippen LogP contribution is 2.38. The number of thiocarbonyl (C=S) groups is 1. The first-order chi connectivity index (χ1) is 14.2. The molecule has 0 amide bonds. The number of nitrogens with zero attached hydrogens (tertiary/aromatic N) is 2. The SMILES string of the molecule is C=C(c1cc(C(C)C)c(O)cc1O)N(C(=S)NC)c1ccc2c(ccn2C)c1.CC. The summed E-state index contributed by atoms with van der Waals surface area (Å²) in [4.78, 5) is 1.79. The number of rotatable bonds is 4. The molecule has 0 aliphatic rings. The minimum Gasteiger partial charge on any atom is -0.508 e. The van der Waals surface area contributed by atoms with Crippen LogP contribution in [-0.2, 0) is 7.05 Å². The molecule has 2 aromatic carbocycles. The molecule has 3 N–H and O–H groups in total. The molecule has 6 heteroatoms. The van der Waals surface area contributed by atoms with Gasteiger partial charge in [0, 0.05) is 48.5 Å². The predicted octanol–water partition coefficient (Wildman–Crippen LogP) is 5.72. The van der Waals surface area contributed by atoms with Crippen molar-refractivity contribution in [1.82, 2.24) is 9.88 Å². The fraction of sp³-hybridized carbons (Fsp3) is 0.292. The molecular formula is C24H31N3O2S. The number of hydrogen-bond donors (Lipinski definition) is 3. The first kappa shape index (κ1) is 23.3. The second-order valence-electron chi connectivity index (χ2n) is 7.09. The predicted molar refractivity (Wildman–Crippen MR) is 131 cm³/mol. The molecule has 0 saturated heterocycles. The summed E-state index contributed by atoms with van der Waals surface area (Å²) in [5.41, 5.74) is 3.73. The van der Waals surface area contributed by atoms with E-state index in [1.807, 2.05) is 65.2 Å². The lowest BCUT2D eigenvalue weighted by atomic mass is 9.97. The Morgan fingerprint density at radius 2 is 1.77 bits per heavy atom. The van der Waals surface area contributed by atoms with E-state index >= 15 is 0 Å². The minimum atomic E-state index is -0.0448. The van der Waals surface area contributed by atoms with Gasteiger partial charge < -0.3 is 20.1 Å². The maximum atomic E-state index is 10.5. The van der Waals surface area contributed by atoms with Crippen molar-refractivity contribution >= 4 is 39.6 Å². The molecule has 0 unspecified atom stereocenters. The molecule has 1 heterocycles. The smallest absolute Gasteiger partial charge is 0.177 e. The van der Waals surface area contributed by atoms with Crippen LogP contribution >= 0.6 is 12.2 Å². The number of fused-ring (bicyclic) bond motifs is 1. The third-order valence-electron chi connectivity index (χ3n) is 4.89.